The summed E-state index contributed by atoms with van der Waals surface area (Å²) in [5.41, 5.74) is 1.27. The second-order valence-electron chi connectivity index (χ2n) is 4.89. The maximum atomic E-state index is 10.4. The van der Waals surface area contributed by atoms with E-state index in [1.54, 1.807) is 18.2 Å². The van der Waals surface area contributed by atoms with Gasteiger partial charge in [-0.25, -0.2) is 4.79 Å². The van der Waals surface area contributed by atoms with Crippen molar-refractivity contribution in [2.24, 2.45) is 0 Å². The van der Waals surface area contributed by atoms with Crippen LogP contribution in [0.5, 0.6) is 0 Å². The fourth-order valence-electron chi connectivity index (χ4n) is 1.56. The molecule has 0 atom stereocenters. The van der Waals surface area contributed by atoms with Crippen LogP contribution in [0.2, 0.25) is 0 Å². The highest BCUT2D eigenvalue weighted by Crippen LogP contribution is 2.22. The number of hydrogen-bond donors (Lipinski definition) is 2. The first-order valence-electron chi connectivity index (χ1n) is 9.83. The molecule has 1 amide bonds. The second-order valence-corrected chi connectivity index (χ2v) is 5.76. The Balaban J connectivity index is -0.000000510. The molecule has 1 aromatic carbocycles. The van der Waals surface area contributed by atoms with Gasteiger partial charge in [0.25, 0.3) is 5.69 Å². The molecule has 0 spiro atoms. The van der Waals surface area contributed by atoms with Gasteiger partial charge in [-0.2, -0.15) is 0 Å². The number of carboxylic acid groups (broad SMARTS) is 1. The van der Waals surface area contributed by atoms with E-state index in [0.717, 1.165) is 16.9 Å². The Morgan fingerprint density at radius 2 is 1.83 bits per heavy atom. The molecule has 7 nitrogen and oxygen atoms in total. The van der Waals surface area contributed by atoms with Crippen molar-refractivity contribution in [1.82, 2.24) is 5.32 Å². The SMILES string of the molecule is C=C/C=C(C)\C=C/C.CC.CC.O=C(O)NCCCOSc1ccc([N+](=O)[O-])cc1. The molecule has 0 saturated carbocycles. The van der Waals surface area contributed by atoms with Gasteiger partial charge in [-0.15, -0.1) is 0 Å². The van der Waals surface area contributed by atoms with E-state index in [4.69, 9.17) is 9.29 Å². The van der Waals surface area contributed by atoms with Crippen LogP contribution in [-0.4, -0.2) is 29.3 Å². The number of nitrogens with zero attached hydrogens (tertiary/aromatic N) is 1. The summed E-state index contributed by atoms with van der Waals surface area (Å²) in [6.45, 7) is 16.3. The Morgan fingerprint density at radius 3 is 2.27 bits per heavy atom. The molecule has 0 heterocycles. The molecule has 1 aromatic rings. The molecule has 0 aromatic heterocycles. The van der Waals surface area contributed by atoms with E-state index < -0.39 is 11.0 Å². The number of amides is 1. The summed E-state index contributed by atoms with van der Waals surface area (Å²) in [6.07, 6.45) is 7.32. The number of nitro groups is 1. The van der Waals surface area contributed by atoms with E-state index in [-0.39, 0.29) is 5.69 Å². The van der Waals surface area contributed by atoms with Crippen LogP contribution in [0.1, 0.15) is 48.0 Å². The minimum absolute atomic E-state index is 0.0324. The molecule has 0 aliphatic carbocycles. The van der Waals surface area contributed by atoms with Crippen LogP contribution in [0.15, 0.2) is 65.6 Å². The van der Waals surface area contributed by atoms with Gasteiger partial charge < -0.3 is 14.6 Å². The number of non-ortho nitro benzene ring substituents is 1. The van der Waals surface area contributed by atoms with Gasteiger partial charge in [0.05, 0.1) is 11.5 Å². The summed E-state index contributed by atoms with van der Waals surface area (Å²) in [5.74, 6) is 0. The molecular weight excluding hydrogens is 404 g/mol. The summed E-state index contributed by atoms with van der Waals surface area (Å²) >= 11 is 1.10. The maximum absolute atomic E-state index is 10.4. The standard InChI is InChI=1S/C10H12N2O5S.C8H12.2C2H6/c13-10(14)11-6-1-7-17-18-9-4-2-8(3-5-9)12(15)16;1-4-6-8(3)7-5-2;2*1-2/h2-5,11H,1,6-7H2,(H,13,14);4-7H,1H2,2-3H3;2*1-2H3/b;7-5-,8-6-;;. The van der Waals surface area contributed by atoms with Crippen molar-refractivity contribution < 1.29 is 19.0 Å². The molecule has 0 aliphatic rings. The van der Waals surface area contributed by atoms with Crippen LogP contribution >= 0.6 is 12.0 Å². The van der Waals surface area contributed by atoms with Crippen molar-refractivity contribution in [3.8, 4) is 0 Å². The van der Waals surface area contributed by atoms with Crippen molar-refractivity contribution in [3.63, 3.8) is 0 Å². The summed E-state index contributed by atoms with van der Waals surface area (Å²) in [6, 6.07) is 5.99. The molecule has 30 heavy (non-hydrogen) atoms. The molecule has 0 fully saturated rings. The molecule has 2 N–H and O–H groups in total. The average molecular weight is 441 g/mol. The molecule has 0 aliphatic heterocycles. The lowest BCUT2D eigenvalue weighted by Gasteiger charge is -2.02. The van der Waals surface area contributed by atoms with E-state index in [1.807, 2.05) is 59.8 Å². The predicted molar refractivity (Wildman–Crippen MR) is 127 cm³/mol. The van der Waals surface area contributed by atoms with Crippen molar-refractivity contribution in [2.75, 3.05) is 13.2 Å². The number of benzene rings is 1. The third-order valence-electron chi connectivity index (χ3n) is 2.69. The molecule has 0 bridgehead atoms. The zero-order chi connectivity index (χ0) is 23.8. The fraction of sp³-hybridized carbons (Fsp3) is 0.409. The van der Waals surface area contributed by atoms with E-state index in [2.05, 4.69) is 11.9 Å². The van der Waals surface area contributed by atoms with Crippen molar-refractivity contribution in [1.29, 1.82) is 0 Å². The van der Waals surface area contributed by atoms with Gasteiger partial charge in [0.2, 0.25) is 0 Å². The van der Waals surface area contributed by atoms with Gasteiger partial charge in [-0.1, -0.05) is 64.2 Å². The van der Waals surface area contributed by atoms with Crippen LogP contribution in [0.3, 0.4) is 0 Å². The summed E-state index contributed by atoms with van der Waals surface area (Å²) in [4.78, 5) is 20.8. The third kappa shape index (κ3) is 21.7. The molecule has 1 rings (SSSR count). The van der Waals surface area contributed by atoms with E-state index in [0.29, 0.717) is 19.6 Å². The highest BCUT2D eigenvalue weighted by atomic mass is 32.2. The number of hydrogen-bond acceptors (Lipinski definition) is 5. The Hall–Kier alpha value is -2.58. The van der Waals surface area contributed by atoms with Crippen LogP contribution in [-0.2, 0) is 4.18 Å². The lowest BCUT2D eigenvalue weighted by atomic mass is 10.2. The first kappa shape index (κ1) is 32.1. The summed E-state index contributed by atoms with van der Waals surface area (Å²) in [7, 11) is 0. The van der Waals surface area contributed by atoms with E-state index in [1.165, 1.54) is 17.7 Å². The Kier molecular flexibility index (Phi) is 26.2. The normalized spacial score (nSPS) is 9.73. The highest BCUT2D eigenvalue weighted by molar-refractivity contribution is 7.94. The molecule has 0 unspecified atom stereocenters. The Bertz CT molecular complexity index is 629. The van der Waals surface area contributed by atoms with E-state index >= 15 is 0 Å². The van der Waals surface area contributed by atoms with Gasteiger partial charge >= 0.3 is 6.09 Å². The minimum atomic E-state index is -1.06. The van der Waals surface area contributed by atoms with Crippen molar-refractivity contribution in [2.45, 2.75) is 52.9 Å². The van der Waals surface area contributed by atoms with Gasteiger partial charge in [0.15, 0.2) is 0 Å². The van der Waals surface area contributed by atoms with Crippen LogP contribution in [0.4, 0.5) is 10.5 Å². The van der Waals surface area contributed by atoms with Crippen LogP contribution in [0.25, 0.3) is 0 Å². The smallest absolute Gasteiger partial charge is 0.404 e. The van der Waals surface area contributed by atoms with E-state index in [9.17, 15) is 14.9 Å². The molecule has 8 heteroatoms. The number of rotatable bonds is 9. The third-order valence-corrected chi connectivity index (χ3v) is 3.44. The highest BCUT2D eigenvalue weighted by Gasteiger charge is 2.04. The Morgan fingerprint density at radius 1 is 1.27 bits per heavy atom. The van der Waals surface area contributed by atoms with Gasteiger partial charge in [0, 0.05) is 35.6 Å². The first-order chi connectivity index (χ1) is 14.4. The van der Waals surface area contributed by atoms with Gasteiger partial charge in [-0.3, -0.25) is 10.1 Å². The monoisotopic (exact) mass is 440 g/mol. The largest absolute Gasteiger partial charge is 0.465 e. The van der Waals surface area contributed by atoms with Crippen molar-refractivity contribution in [3.05, 3.63) is 70.8 Å². The summed E-state index contributed by atoms with van der Waals surface area (Å²) < 4.78 is 5.22. The minimum Gasteiger partial charge on any atom is -0.465 e. The summed E-state index contributed by atoms with van der Waals surface area (Å²) in [5, 5.41) is 20.9. The lowest BCUT2D eigenvalue weighted by molar-refractivity contribution is -0.384. The van der Waals surface area contributed by atoms with Crippen LogP contribution in [0, 0.1) is 10.1 Å². The zero-order valence-electron chi connectivity index (χ0n) is 18.9. The predicted octanol–water partition coefficient (Wildman–Crippen LogP) is 7.02. The average Bonchev–Trinajstić information content (AvgIpc) is 2.74. The zero-order valence-corrected chi connectivity index (χ0v) is 19.7. The maximum Gasteiger partial charge on any atom is 0.404 e. The number of nitro benzene ring substituents is 1. The molecule has 0 saturated heterocycles. The number of nitrogens with one attached hydrogen (secondary N) is 1. The van der Waals surface area contributed by atoms with Gasteiger partial charge in [0.1, 0.15) is 0 Å². The number of carbonyl (C=O) groups is 1. The van der Waals surface area contributed by atoms with Crippen LogP contribution < -0.4 is 5.32 Å². The second kappa shape index (κ2) is 24.5. The lowest BCUT2D eigenvalue weighted by Crippen LogP contribution is -2.22. The Labute approximate surface area is 185 Å². The first-order valence-corrected chi connectivity index (χ1v) is 10.6. The quantitative estimate of drug-likeness (QED) is 0.141. The molecule has 170 valence electrons. The van der Waals surface area contributed by atoms with Crippen molar-refractivity contribution >= 4 is 23.8 Å². The molecule has 0 radical (unpaired) electrons. The fourth-order valence-corrected chi connectivity index (χ4v) is 2.15. The van der Waals surface area contributed by atoms with Gasteiger partial charge in [-0.05, 0) is 32.4 Å². The number of allylic oxidation sites excluding steroid dienone is 5. The topological polar surface area (TPSA) is 102 Å². The molecular formula is C22H36N2O5S.